The lowest BCUT2D eigenvalue weighted by Gasteiger charge is -2.30. The summed E-state index contributed by atoms with van der Waals surface area (Å²) in [6, 6.07) is 10.3. The maximum absolute atomic E-state index is 12.8. The molecule has 4 heterocycles. The first kappa shape index (κ1) is 23.8. The molecular formula is C26H33N5O3S. The van der Waals surface area contributed by atoms with Gasteiger partial charge in [-0.1, -0.05) is 5.16 Å². The number of likely N-dealkylation sites (tertiary alicyclic amines) is 1. The molecule has 0 radical (unpaired) electrons. The molecule has 9 heteroatoms. The number of nitrogens with one attached hydrogen (secondary N) is 1. The first-order chi connectivity index (χ1) is 17.1. The molecule has 5 rings (SSSR count). The van der Waals surface area contributed by atoms with Crippen LogP contribution in [0.15, 0.2) is 40.2 Å². The fourth-order valence-corrected chi connectivity index (χ4v) is 5.86. The van der Waals surface area contributed by atoms with Crippen molar-refractivity contribution in [3.05, 3.63) is 46.2 Å². The summed E-state index contributed by atoms with van der Waals surface area (Å²) < 4.78 is 10.7. The first-order valence-corrected chi connectivity index (χ1v) is 13.2. The van der Waals surface area contributed by atoms with Crippen LogP contribution in [0.25, 0.3) is 11.4 Å². The number of carbonyl (C=O) groups excluding carboxylic acids is 1. The van der Waals surface area contributed by atoms with Crippen LogP contribution in [0, 0.1) is 18.8 Å². The molecular weight excluding hydrogens is 462 g/mol. The van der Waals surface area contributed by atoms with Gasteiger partial charge in [0.05, 0.1) is 7.11 Å². The monoisotopic (exact) mass is 495 g/mol. The van der Waals surface area contributed by atoms with Crippen molar-refractivity contribution in [1.82, 2.24) is 20.4 Å². The summed E-state index contributed by atoms with van der Waals surface area (Å²) in [5.41, 5.74) is 2.27. The van der Waals surface area contributed by atoms with Gasteiger partial charge in [0.2, 0.25) is 11.7 Å². The Morgan fingerprint density at radius 1 is 1.17 bits per heavy atom. The Hall–Kier alpha value is -2.91. The topological polar surface area (TPSA) is 83.7 Å². The zero-order valence-corrected chi connectivity index (χ0v) is 21.2. The summed E-state index contributed by atoms with van der Waals surface area (Å²) in [6.07, 6.45) is 2.73. The molecule has 2 saturated heterocycles. The number of carbonyl (C=O) groups is 1. The zero-order valence-electron chi connectivity index (χ0n) is 20.4. The second-order valence-corrected chi connectivity index (χ2v) is 10.6. The van der Waals surface area contributed by atoms with Gasteiger partial charge in [-0.25, -0.2) is 0 Å². The molecule has 1 N–H and O–H groups in total. The molecule has 0 spiro atoms. The van der Waals surface area contributed by atoms with Gasteiger partial charge in [-0.3, -0.25) is 9.69 Å². The molecule has 2 aliphatic heterocycles. The van der Waals surface area contributed by atoms with E-state index in [2.05, 4.69) is 43.6 Å². The Bertz CT molecular complexity index is 1120. The van der Waals surface area contributed by atoms with Crippen LogP contribution in [-0.4, -0.2) is 60.8 Å². The van der Waals surface area contributed by atoms with Gasteiger partial charge in [0, 0.05) is 49.1 Å². The number of hydrogen-bond acceptors (Lipinski definition) is 8. The minimum Gasteiger partial charge on any atom is -0.497 e. The molecule has 1 atom stereocenters. The number of methoxy groups -OCH3 is 1. The van der Waals surface area contributed by atoms with Gasteiger partial charge in [-0.15, -0.1) is 11.3 Å². The summed E-state index contributed by atoms with van der Waals surface area (Å²) in [4.78, 5) is 23.4. The minimum atomic E-state index is 0.0431. The van der Waals surface area contributed by atoms with Crippen molar-refractivity contribution < 1.29 is 14.1 Å². The van der Waals surface area contributed by atoms with E-state index < -0.39 is 0 Å². The highest BCUT2D eigenvalue weighted by Gasteiger charge is 2.29. The largest absolute Gasteiger partial charge is 0.497 e. The number of aryl methyl sites for hydroxylation is 1. The van der Waals surface area contributed by atoms with Crippen LogP contribution >= 0.6 is 11.3 Å². The molecule has 1 unspecified atom stereocenters. The standard InChI is InChI=1S/C26H33N5O3S/c1-18-10-14-35-23(18)17-30-11-7-19(16-30)15-27-25(32)21-8-12-31(13-9-21)26-28-24(29-34-26)20-3-5-22(33-2)6-4-20/h3-6,10,14,19,21H,7-9,11-13,15-17H2,1-2H3,(H,27,32). The number of piperidine rings is 1. The number of aromatic nitrogens is 2. The summed E-state index contributed by atoms with van der Waals surface area (Å²) in [7, 11) is 1.64. The Morgan fingerprint density at radius 2 is 1.97 bits per heavy atom. The quantitative estimate of drug-likeness (QED) is 0.506. The second-order valence-electron chi connectivity index (χ2n) is 9.55. The number of nitrogens with zero attached hydrogens (tertiary/aromatic N) is 4. The SMILES string of the molecule is COc1ccc(-c2noc(N3CCC(C(=O)NCC4CCN(Cc5sccc5C)C4)CC3)n2)cc1. The molecule has 0 bridgehead atoms. The highest BCUT2D eigenvalue weighted by Crippen LogP contribution is 2.27. The van der Waals surface area contributed by atoms with Crippen molar-refractivity contribution in [2.75, 3.05) is 44.7 Å². The van der Waals surface area contributed by atoms with Gasteiger partial charge in [0.25, 0.3) is 0 Å². The predicted octanol–water partition coefficient (Wildman–Crippen LogP) is 3.97. The Labute approximate surface area is 210 Å². The number of amides is 1. The average Bonchev–Trinajstić information content (AvgIpc) is 3.65. The number of benzene rings is 1. The zero-order chi connectivity index (χ0) is 24.2. The molecule has 0 aliphatic carbocycles. The van der Waals surface area contributed by atoms with Crippen LogP contribution in [0.1, 0.15) is 29.7 Å². The first-order valence-electron chi connectivity index (χ1n) is 12.3. The number of ether oxygens (including phenoxy) is 1. The molecule has 35 heavy (non-hydrogen) atoms. The van der Waals surface area contributed by atoms with Crippen LogP contribution in [0.2, 0.25) is 0 Å². The van der Waals surface area contributed by atoms with E-state index in [0.717, 1.165) is 69.8 Å². The molecule has 2 fully saturated rings. The molecule has 0 saturated carbocycles. The number of rotatable bonds is 8. The Kier molecular flexibility index (Phi) is 7.34. The lowest BCUT2D eigenvalue weighted by molar-refractivity contribution is -0.125. The van der Waals surface area contributed by atoms with Gasteiger partial charge >= 0.3 is 6.01 Å². The molecule has 8 nitrogen and oxygen atoms in total. The summed E-state index contributed by atoms with van der Waals surface area (Å²) in [5, 5.41) is 9.53. The van der Waals surface area contributed by atoms with Gasteiger partial charge in [-0.2, -0.15) is 4.98 Å². The van der Waals surface area contributed by atoms with E-state index >= 15 is 0 Å². The van der Waals surface area contributed by atoms with Crippen LogP contribution in [0.3, 0.4) is 0 Å². The van der Waals surface area contributed by atoms with Crippen molar-refractivity contribution >= 4 is 23.3 Å². The van der Waals surface area contributed by atoms with Crippen molar-refractivity contribution in [3.8, 4) is 17.1 Å². The van der Waals surface area contributed by atoms with Gasteiger partial charge in [0.15, 0.2) is 0 Å². The minimum absolute atomic E-state index is 0.0431. The summed E-state index contributed by atoms with van der Waals surface area (Å²) in [6.45, 7) is 7.63. The molecule has 186 valence electrons. The smallest absolute Gasteiger partial charge is 0.324 e. The second kappa shape index (κ2) is 10.8. The molecule has 2 aromatic heterocycles. The maximum atomic E-state index is 12.8. The van der Waals surface area contributed by atoms with E-state index in [-0.39, 0.29) is 11.8 Å². The van der Waals surface area contributed by atoms with Crippen LogP contribution in [0.4, 0.5) is 6.01 Å². The Balaban J connectivity index is 1.05. The number of hydrogen-bond donors (Lipinski definition) is 1. The Morgan fingerprint density at radius 3 is 2.69 bits per heavy atom. The molecule has 1 amide bonds. The van der Waals surface area contributed by atoms with E-state index in [1.165, 1.54) is 10.4 Å². The molecule has 2 aliphatic rings. The third kappa shape index (κ3) is 5.67. The van der Waals surface area contributed by atoms with Gasteiger partial charge in [-0.05, 0) is 79.9 Å². The van der Waals surface area contributed by atoms with E-state index in [0.29, 0.717) is 17.8 Å². The van der Waals surface area contributed by atoms with E-state index in [1.54, 1.807) is 7.11 Å². The van der Waals surface area contributed by atoms with Gasteiger partial charge < -0.3 is 19.5 Å². The average molecular weight is 496 g/mol. The van der Waals surface area contributed by atoms with Crippen LogP contribution < -0.4 is 15.0 Å². The maximum Gasteiger partial charge on any atom is 0.324 e. The van der Waals surface area contributed by atoms with Crippen molar-refractivity contribution in [2.45, 2.75) is 32.7 Å². The lowest BCUT2D eigenvalue weighted by Crippen LogP contribution is -2.42. The third-order valence-corrected chi connectivity index (χ3v) is 8.18. The van der Waals surface area contributed by atoms with Crippen LogP contribution in [-0.2, 0) is 11.3 Å². The third-order valence-electron chi connectivity index (χ3n) is 7.17. The highest BCUT2D eigenvalue weighted by atomic mass is 32.1. The highest BCUT2D eigenvalue weighted by molar-refractivity contribution is 7.10. The van der Waals surface area contributed by atoms with Crippen molar-refractivity contribution in [1.29, 1.82) is 0 Å². The lowest BCUT2D eigenvalue weighted by atomic mass is 9.96. The van der Waals surface area contributed by atoms with Crippen molar-refractivity contribution in [2.24, 2.45) is 11.8 Å². The number of thiophene rings is 1. The van der Waals surface area contributed by atoms with Crippen molar-refractivity contribution in [3.63, 3.8) is 0 Å². The fourth-order valence-electron chi connectivity index (χ4n) is 4.92. The van der Waals surface area contributed by atoms with E-state index in [1.807, 2.05) is 35.6 Å². The summed E-state index contributed by atoms with van der Waals surface area (Å²) in [5.74, 6) is 2.11. The fraction of sp³-hybridized carbons (Fsp3) is 0.500. The predicted molar refractivity (Wildman–Crippen MR) is 137 cm³/mol. The van der Waals surface area contributed by atoms with E-state index in [9.17, 15) is 4.79 Å². The van der Waals surface area contributed by atoms with Crippen LogP contribution in [0.5, 0.6) is 5.75 Å². The van der Waals surface area contributed by atoms with E-state index in [4.69, 9.17) is 9.26 Å². The van der Waals surface area contributed by atoms with Gasteiger partial charge in [0.1, 0.15) is 5.75 Å². The molecule has 1 aromatic carbocycles. The molecule has 3 aromatic rings. The number of anilines is 1. The normalized spacial score (nSPS) is 19.3. The summed E-state index contributed by atoms with van der Waals surface area (Å²) >= 11 is 1.84.